The summed E-state index contributed by atoms with van der Waals surface area (Å²) < 4.78 is 89.1. The number of alkyl halides is 3. The van der Waals surface area contributed by atoms with E-state index in [0.29, 0.717) is 22.6 Å². The van der Waals surface area contributed by atoms with E-state index >= 15 is 0 Å². The zero-order valence-corrected chi connectivity index (χ0v) is 20.1. The van der Waals surface area contributed by atoms with Gasteiger partial charge in [0.05, 0.1) is 22.5 Å². The van der Waals surface area contributed by atoms with E-state index in [1.807, 2.05) is 0 Å². The summed E-state index contributed by atoms with van der Waals surface area (Å²) in [6.07, 6.45) is 2.61. The molecule has 35 heavy (non-hydrogen) atoms. The van der Waals surface area contributed by atoms with Gasteiger partial charge >= 0.3 is 21.7 Å². The van der Waals surface area contributed by atoms with Crippen molar-refractivity contribution in [2.75, 3.05) is 23.7 Å². The summed E-state index contributed by atoms with van der Waals surface area (Å²) >= 11 is 0. The van der Waals surface area contributed by atoms with Gasteiger partial charge in [0.2, 0.25) is 0 Å². The van der Waals surface area contributed by atoms with E-state index in [4.69, 9.17) is 0 Å². The Hall–Kier alpha value is -3.24. The van der Waals surface area contributed by atoms with Crippen molar-refractivity contribution >= 4 is 43.4 Å². The Morgan fingerprint density at radius 3 is 2.23 bits per heavy atom. The third kappa shape index (κ3) is 4.94. The molecule has 0 spiro atoms. The van der Waals surface area contributed by atoms with Gasteiger partial charge in [-0.15, -0.1) is 0 Å². The average Bonchev–Trinajstić information content (AvgIpc) is 3.06. The highest BCUT2D eigenvalue weighted by Crippen LogP contribution is 2.34. The number of hydrogen-bond acceptors (Lipinski definition) is 7. The molecule has 1 aromatic carbocycles. The smallest absolute Gasteiger partial charge is 0.325 e. The van der Waals surface area contributed by atoms with Crippen LogP contribution in [0.15, 0.2) is 47.6 Å². The Bertz CT molecular complexity index is 1360. The molecular weight excluding hydrogens is 515 g/mol. The van der Waals surface area contributed by atoms with Crippen LogP contribution >= 0.6 is 0 Å². The number of anilines is 2. The molecule has 1 aromatic heterocycles. The van der Waals surface area contributed by atoms with Gasteiger partial charge in [-0.25, -0.2) is 18.1 Å². The Morgan fingerprint density at radius 2 is 1.69 bits per heavy atom. The van der Waals surface area contributed by atoms with Crippen LogP contribution in [0, 0.1) is 0 Å². The fraction of sp³-hybridized carbons (Fsp3) is 0.316. The van der Waals surface area contributed by atoms with E-state index in [1.165, 1.54) is 32.6 Å². The van der Waals surface area contributed by atoms with Crippen molar-refractivity contribution in [3.63, 3.8) is 0 Å². The first-order chi connectivity index (χ1) is 16.1. The van der Waals surface area contributed by atoms with Crippen LogP contribution in [0.3, 0.4) is 0 Å². The Labute approximate surface area is 199 Å². The van der Waals surface area contributed by atoms with Crippen molar-refractivity contribution in [2.45, 2.75) is 29.3 Å². The molecule has 1 aliphatic rings. The third-order valence-corrected chi connectivity index (χ3v) is 8.18. The quantitative estimate of drug-likeness (QED) is 0.515. The number of imide groups is 1. The molecule has 2 aromatic rings. The third-order valence-electron chi connectivity index (χ3n) is 5.24. The van der Waals surface area contributed by atoms with E-state index in [9.17, 15) is 39.6 Å². The molecule has 2 atom stereocenters. The van der Waals surface area contributed by atoms with Gasteiger partial charge in [0.25, 0.3) is 15.7 Å². The predicted molar refractivity (Wildman–Crippen MR) is 118 cm³/mol. The molecule has 1 saturated heterocycles. The summed E-state index contributed by atoms with van der Waals surface area (Å²) in [6, 6.07) is 2.53. The summed E-state index contributed by atoms with van der Waals surface area (Å²) in [7, 11) is -6.88. The minimum atomic E-state index is -5.60. The first kappa shape index (κ1) is 26.4. The van der Waals surface area contributed by atoms with Crippen molar-refractivity contribution in [2.24, 2.45) is 0 Å². The highest BCUT2D eigenvalue weighted by Gasteiger charge is 2.47. The molecule has 0 bridgehead atoms. The normalized spacial score (nSPS) is 18.0. The number of pyridine rings is 1. The van der Waals surface area contributed by atoms with Gasteiger partial charge in [0.1, 0.15) is 6.04 Å². The van der Waals surface area contributed by atoms with Gasteiger partial charge in [-0.3, -0.25) is 14.5 Å². The molecular formula is C19H20F3N5O6S2. The highest BCUT2D eigenvalue weighted by atomic mass is 32.2. The van der Waals surface area contributed by atoms with Crippen LogP contribution < -0.4 is 14.9 Å². The monoisotopic (exact) mass is 535 g/mol. The number of benzene rings is 1. The lowest BCUT2D eigenvalue weighted by Gasteiger charge is -2.22. The van der Waals surface area contributed by atoms with Gasteiger partial charge in [0.15, 0.2) is 0 Å². The number of urea groups is 1. The van der Waals surface area contributed by atoms with Crippen molar-refractivity contribution < 1.29 is 39.6 Å². The molecule has 1 fully saturated rings. The lowest BCUT2D eigenvalue weighted by Crippen LogP contribution is -2.36. The molecule has 190 valence electrons. The van der Waals surface area contributed by atoms with Crippen LogP contribution in [-0.4, -0.2) is 63.7 Å². The summed E-state index contributed by atoms with van der Waals surface area (Å²) in [5.41, 5.74) is -5.23. The number of rotatable bonds is 7. The zero-order valence-electron chi connectivity index (χ0n) is 18.4. The zero-order chi connectivity index (χ0) is 26.3. The number of nitrogens with one attached hydrogen (secondary N) is 2. The summed E-state index contributed by atoms with van der Waals surface area (Å²) in [5.74, 6) is -1.53. The van der Waals surface area contributed by atoms with Crippen molar-refractivity contribution in [3.05, 3.63) is 48.3 Å². The Morgan fingerprint density at radius 1 is 1.09 bits per heavy atom. The van der Waals surface area contributed by atoms with Gasteiger partial charge in [-0.2, -0.15) is 25.9 Å². The summed E-state index contributed by atoms with van der Waals surface area (Å²) in [6.45, 7) is 1.56. The second-order valence-corrected chi connectivity index (χ2v) is 11.5. The van der Waals surface area contributed by atoms with Gasteiger partial charge in [-0.1, -0.05) is 6.92 Å². The van der Waals surface area contributed by atoms with Crippen LogP contribution in [0.1, 0.15) is 18.4 Å². The number of sulfone groups is 1. The number of carbonyl (C=O) groups is 2. The minimum Gasteiger partial charge on any atom is -0.325 e. The molecule has 16 heteroatoms. The first-order valence-electron chi connectivity index (χ1n) is 9.78. The molecule has 2 heterocycles. The van der Waals surface area contributed by atoms with Crippen LogP contribution in [0.25, 0.3) is 0 Å². The van der Waals surface area contributed by atoms with Gasteiger partial charge in [-0.05, 0) is 35.9 Å². The molecule has 0 radical (unpaired) electrons. The number of nitrogens with zero attached hydrogens (tertiary/aromatic N) is 3. The minimum absolute atomic E-state index is 0.0795. The molecule has 1 aliphatic heterocycles. The molecule has 11 nitrogen and oxygen atoms in total. The molecule has 0 aliphatic carbocycles. The van der Waals surface area contributed by atoms with Crippen molar-refractivity contribution in [3.8, 4) is 0 Å². The van der Waals surface area contributed by atoms with Crippen LogP contribution in [0.2, 0.25) is 0 Å². The molecule has 0 saturated carbocycles. The number of halogens is 3. The van der Waals surface area contributed by atoms with Crippen LogP contribution in [0.4, 0.5) is 29.3 Å². The number of amides is 3. The highest BCUT2D eigenvalue weighted by molar-refractivity contribution is 7.92. The SMILES string of the molecule is CC(c1ccncc1NS(=O)(=O)N(C)C)C1NC(=O)N(c2ccc(S(=O)(=O)C(F)(F)F)cc2)C1=O. The fourth-order valence-electron chi connectivity index (χ4n) is 3.29. The molecule has 3 amide bonds. The number of aromatic nitrogens is 1. The Balaban J connectivity index is 1.89. The standard InChI is InChI=1S/C19H20F3N5O6S2/c1-11(14-8-9-23-10-15(14)25-35(32,33)26(2)3)16-17(28)27(18(29)24-16)12-4-6-13(7-5-12)34(30,31)19(20,21)22/h4-11,16,25H,1-3H3,(H,24,29). The lowest BCUT2D eigenvalue weighted by molar-refractivity contribution is -0.118. The summed E-state index contributed by atoms with van der Waals surface area (Å²) in [5, 5.41) is 2.46. The van der Waals surface area contributed by atoms with E-state index < -0.39 is 54.3 Å². The molecule has 2 unspecified atom stereocenters. The Kier molecular flexibility index (Phi) is 6.84. The van der Waals surface area contributed by atoms with Crippen LogP contribution in [-0.2, 0) is 24.8 Å². The summed E-state index contributed by atoms with van der Waals surface area (Å²) in [4.78, 5) is 29.1. The van der Waals surface area contributed by atoms with Gasteiger partial charge < -0.3 is 5.32 Å². The van der Waals surface area contributed by atoms with Crippen molar-refractivity contribution in [1.29, 1.82) is 0 Å². The molecule has 2 N–H and O–H groups in total. The van der Waals surface area contributed by atoms with E-state index in [1.54, 1.807) is 6.92 Å². The van der Waals surface area contributed by atoms with Crippen LogP contribution in [0.5, 0.6) is 0 Å². The maximum absolute atomic E-state index is 13.1. The maximum Gasteiger partial charge on any atom is 0.501 e. The van der Waals surface area contributed by atoms with E-state index in [0.717, 1.165) is 16.4 Å². The van der Waals surface area contributed by atoms with E-state index in [-0.39, 0.29) is 11.4 Å². The second kappa shape index (κ2) is 9.09. The first-order valence-corrected chi connectivity index (χ1v) is 12.7. The maximum atomic E-state index is 13.1. The largest absolute Gasteiger partial charge is 0.501 e. The van der Waals surface area contributed by atoms with Crippen molar-refractivity contribution in [1.82, 2.24) is 14.6 Å². The second-order valence-electron chi connectivity index (χ2n) is 7.68. The fourth-order valence-corrected chi connectivity index (χ4v) is 4.68. The van der Waals surface area contributed by atoms with E-state index in [2.05, 4.69) is 15.0 Å². The average molecular weight is 536 g/mol. The number of carbonyl (C=O) groups excluding carboxylic acids is 2. The van der Waals surface area contributed by atoms with Gasteiger partial charge in [0, 0.05) is 26.2 Å². The lowest BCUT2D eigenvalue weighted by atomic mass is 9.93. The topological polar surface area (TPSA) is 146 Å². The number of hydrogen-bond donors (Lipinski definition) is 2. The molecule has 3 rings (SSSR count). The predicted octanol–water partition coefficient (Wildman–Crippen LogP) is 1.82.